The Morgan fingerprint density at radius 3 is 2.35 bits per heavy atom. The van der Waals surface area contributed by atoms with E-state index < -0.39 is 5.97 Å². The molecule has 3 aromatic carbocycles. The highest BCUT2D eigenvalue weighted by atomic mass is 35.5. The molecule has 0 amide bonds. The van der Waals surface area contributed by atoms with Crippen molar-refractivity contribution in [3.63, 3.8) is 0 Å². The van der Waals surface area contributed by atoms with E-state index in [0.29, 0.717) is 17.9 Å². The summed E-state index contributed by atoms with van der Waals surface area (Å²) in [6, 6.07) is 17.9. The number of ether oxygens (including phenoxy) is 2. The van der Waals surface area contributed by atoms with Gasteiger partial charge in [-0.25, -0.2) is 4.79 Å². The summed E-state index contributed by atoms with van der Waals surface area (Å²) in [7, 11) is 0. The van der Waals surface area contributed by atoms with E-state index in [9.17, 15) is 4.79 Å². The van der Waals surface area contributed by atoms with E-state index >= 15 is 0 Å². The number of carbonyl (C=O) groups excluding carboxylic acids is 1. The maximum atomic E-state index is 12.5. The molecule has 0 bridgehead atoms. The summed E-state index contributed by atoms with van der Waals surface area (Å²) in [6.45, 7) is 6.90. The van der Waals surface area contributed by atoms with Gasteiger partial charge in [0.25, 0.3) is 0 Å². The zero-order chi connectivity index (χ0) is 24.3. The standard InChI is InChI=1S/C28H31ClN2O3/c1-4-5-6-7-8-17-33-24-13-10-22(11-14-24)28(32)34-27-16-12-23(19-25(27)29)30-31-26-15-9-20(2)18-21(26)3/h9-16,18-19H,4-8,17H2,1-3H3. The molecule has 0 unspecified atom stereocenters. The van der Waals surface area contributed by atoms with Gasteiger partial charge in [-0.2, -0.15) is 10.2 Å². The fourth-order valence-electron chi connectivity index (χ4n) is 3.41. The minimum atomic E-state index is -0.488. The van der Waals surface area contributed by atoms with E-state index in [1.54, 1.807) is 42.5 Å². The third kappa shape index (κ3) is 7.70. The molecule has 0 heterocycles. The lowest BCUT2D eigenvalue weighted by Crippen LogP contribution is -2.08. The smallest absolute Gasteiger partial charge is 0.343 e. The molecule has 34 heavy (non-hydrogen) atoms. The van der Waals surface area contributed by atoms with Gasteiger partial charge in [0.2, 0.25) is 0 Å². The van der Waals surface area contributed by atoms with E-state index in [1.807, 2.05) is 26.0 Å². The van der Waals surface area contributed by atoms with Crippen LogP contribution in [0.4, 0.5) is 11.4 Å². The molecule has 3 aromatic rings. The Hall–Kier alpha value is -3.18. The predicted octanol–water partition coefficient (Wildman–Crippen LogP) is 8.94. The van der Waals surface area contributed by atoms with E-state index in [0.717, 1.165) is 23.4 Å². The molecule has 0 saturated carbocycles. The predicted molar refractivity (Wildman–Crippen MR) is 137 cm³/mol. The van der Waals surface area contributed by atoms with Crippen molar-refractivity contribution in [3.8, 4) is 11.5 Å². The van der Waals surface area contributed by atoms with Crippen LogP contribution in [-0.4, -0.2) is 12.6 Å². The number of hydrogen-bond donors (Lipinski definition) is 0. The molecule has 0 saturated heterocycles. The summed E-state index contributed by atoms with van der Waals surface area (Å²) in [6.07, 6.45) is 5.93. The number of halogens is 1. The fraction of sp³-hybridized carbons (Fsp3) is 0.321. The average molecular weight is 479 g/mol. The summed E-state index contributed by atoms with van der Waals surface area (Å²) >= 11 is 6.32. The van der Waals surface area contributed by atoms with Crippen LogP contribution in [0.25, 0.3) is 0 Å². The number of nitrogens with zero attached hydrogens (tertiary/aromatic N) is 2. The Morgan fingerprint density at radius 2 is 1.65 bits per heavy atom. The van der Waals surface area contributed by atoms with Crippen LogP contribution in [-0.2, 0) is 0 Å². The zero-order valence-corrected chi connectivity index (χ0v) is 20.8. The molecule has 6 heteroatoms. The minimum absolute atomic E-state index is 0.268. The molecule has 5 nitrogen and oxygen atoms in total. The Labute approximate surface area is 206 Å². The summed E-state index contributed by atoms with van der Waals surface area (Å²) in [4.78, 5) is 12.5. The normalized spacial score (nSPS) is 11.1. The molecule has 0 aromatic heterocycles. The molecule has 0 atom stereocenters. The maximum Gasteiger partial charge on any atom is 0.343 e. The van der Waals surface area contributed by atoms with E-state index in [2.05, 4.69) is 23.2 Å². The second-order valence-electron chi connectivity index (χ2n) is 8.28. The number of esters is 1. The van der Waals surface area contributed by atoms with Gasteiger partial charge in [0.1, 0.15) is 11.5 Å². The first-order valence-corrected chi connectivity index (χ1v) is 12.1. The Bertz CT molecular complexity index is 1130. The number of rotatable bonds is 11. The molecule has 3 rings (SSSR count). The highest BCUT2D eigenvalue weighted by Crippen LogP contribution is 2.31. The molecular formula is C28H31ClN2O3. The largest absolute Gasteiger partial charge is 0.494 e. The molecule has 0 aliphatic heterocycles. The molecule has 0 radical (unpaired) electrons. The quantitative estimate of drug-likeness (QED) is 0.119. The Kier molecular flexibility index (Phi) is 9.65. The summed E-state index contributed by atoms with van der Waals surface area (Å²) in [5.74, 6) is 0.519. The van der Waals surface area contributed by atoms with Crippen molar-refractivity contribution in [2.24, 2.45) is 10.2 Å². The van der Waals surface area contributed by atoms with Gasteiger partial charge < -0.3 is 9.47 Å². The van der Waals surface area contributed by atoms with Gasteiger partial charge in [-0.1, -0.05) is 61.9 Å². The van der Waals surface area contributed by atoms with Gasteiger partial charge in [-0.05, 0) is 74.4 Å². The SMILES string of the molecule is CCCCCCCOc1ccc(C(=O)Oc2ccc(N=Nc3ccc(C)cc3C)cc2Cl)cc1. The number of aryl methyl sites for hydroxylation is 2. The third-order valence-electron chi connectivity index (χ3n) is 5.35. The molecule has 0 aliphatic carbocycles. The summed E-state index contributed by atoms with van der Waals surface area (Å²) in [5.41, 5.74) is 4.00. The highest BCUT2D eigenvalue weighted by Gasteiger charge is 2.12. The summed E-state index contributed by atoms with van der Waals surface area (Å²) < 4.78 is 11.2. The van der Waals surface area contributed by atoms with Crippen LogP contribution in [0.2, 0.25) is 5.02 Å². The lowest BCUT2D eigenvalue weighted by atomic mass is 10.1. The Balaban J connectivity index is 1.54. The first-order valence-electron chi connectivity index (χ1n) is 11.7. The minimum Gasteiger partial charge on any atom is -0.494 e. The monoisotopic (exact) mass is 478 g/mol. The Morgan fingerprint density at radius 1 is 0.882 bits per heavy atom. The van der Waals surface area contributed by atoms with Gasteiger partial charge in [0.05, 0.1) is 28.6 Å². The van der Waals surface area contributed by atoms with Gasteiger partial charge in [-0.15, -0.1) is 0 Å². The average Bonchev–Trinajstić information content (AvgIpc) is 2.82. The zero-order valence-electron chi connectivity index (χ0n) is 20.0. The van der Waals surface area contributed by atoms with Gasteiger partial charge in [0, 0.05) is 0 Å². The second-order valence-corrected chi connectivity index (χ2v) is 8.69. The van der Waals surface area contributed by atoms with E-state index in [4.69, 9.17) is 21.1 Å². The van der Waals surface area contributed by atoms with Crippen LogP contribution in [0, 0.1) is 13.8 Å². The van der Waals surface area contributed by atoms with E-state index in [1.165, 1.54) is 31.2 Å². The topological polar surface area (TPSA) is 60.2 Å². The first-order chi connectivity index (χ1) is 16.5. The van der Waals surface area contributed by atoms with Crippen molar-refractivity contribution < 1.29 is 14.3 Å². The van der Waals surface area contributed by atoms with Gasteiger partial charge in [0.15, 0.2) is 0 Å². The van der Waals surface area contributed by atoms with Crippen LogP contribution in [0.1, 0.15) is 60.5 Å². The van der Waals surface area contributed by atoms with Crippen molar-refractivity contribution in [2.45, 2.75) is 52.9 Å². The highest BCUT2D eigenvalue weighted by molar-refractivity contribution is 6.32. The van der Waals surface area contributed by atoms with E-state index in [-0.39, 0.29) is 10.8 Å². The van der Waals surface area contributed by atoms with Crippen LogP contribution in [0.15, 0.2) is 70.9 Å². The summed E-state index contributed by atoms with van der Waals surface area (Å²) in [5, 5.41) is 8.82. The van der Waals surface area contributed by atoms with Crippen LogP contribution in [0.5, 0.6) is 11.5 Å². The number of hydrogen-bond acceptors (Lipinski definition) is 5. The van der Waals surface area contributed by atoms with Gasteiger partial charge in [-0.3, -0.25) is 0 Å². The van der Waals surface area contributed by atoms with Crippen molar-refractivity contribution in [1.29, 1.82) is 0 Å². The fourth-order valence-corrected chi connectivity index (χ4v) is 3.62. The van der Waals surface area contributed by atoms with Crippen LogP contribution >= 0.6 is 11.6 Å². The molecular weight excluding hydrogens is 448 g/mol. The van der Waals surface area contributed by atoms with Gasteiger partial charge >= 0.3 is 5.97 Å². The van der Waals surface area contributed by atoms with Crippen LogP contribution < -0.4 is 9.47 Å². The van der Waals surface area contributed by atoms with Crippen LogP contribution in [0.3, 0.4) is 0 Å². The number of carbonyl (C=O) groups is 1. The maximum absolute atomic E-state index is 12.5. The molecule has 0 fully saturated rings. The molecule has 178 valence electrons. The third-order valence-corrected chi connectivity index (χ3v) is 5.65. The van der Waals surface area contributed by atoms with Crippen molar-refractivity contribution >= 4 is 28.9 Å². The number of azo groups is 1. The number of benzene rings is 3. The number of unbranched alkanes of at least 4 members (excludes halogenated alkanes) is 4. The molecule has 0 spiro atoms. The van der Waals surface area contributed by atoms with Crippen molar-refractivity contribution in [2.75, 3.05) is 6.61 Å². The second kappa shape index (κ2) is 12.9. The van der Waals surface area contributed by atoms with Crippen molar-refractivity contribution in [3.05, 3.63) is 82.4 Å². The molecule has 0 N–H and O–H groups in total. The lowest BCUT2D eigenvalue weighted by Gasteiger charge is -2.09. The molecule has 0 aliphatic rings. The first kappa shape index (κ1) is 25.4. The van der Waals surface area contributed by atoms with Crippen molar-refractivity contribution in [1.82, 2.24) is 0 Å². The lowest BCUT2D eigenvalue weighted by molar-refractivity contribution is 0.0735.